The van der Waals surface area contributed by atoms with Crippen molar-refractivity contribution in [3.63, 3.8) is 0 Å². The van der Waals surface area contributed by atoms with Gasteiger partial charge in [-0.05, 0) is 24.8 Å². The summed E-state index contributed by atoms with van der Waals surface area (Å²) in [4.78, 5) is 0. The lowest BCUT2D eigenvalue weighted by Crippen LogP contribution is -2.33. The molecule has 0 unspecified atom stereocenters. The molecule has 0 radical (unpaired) electrons. The Morgan fingerprint density at radius 2 is 2.06 bits per heavy atom. The van der Waals surface area contributed by atoms with E-state index in [1.807, 2.05) is 0 Å². The van der Waals surface area contributed by atoms with Crippen LogP contribution >= 0.6 is 0 Å². The zero-order chi connectivity index (χ0) is 11.7. The normalized spacial score (nSPS) is 23.9. The molecule has 1 saturated carbocycles. The number of aliphatic hydroxyl groups is 1. The molecule has 2 rings (SSSR count). The van der Waals surface area contributed by atoms with Gasteiger partial charge in [0.15, 0.2) is 5.82 Å². The molecule has 0 atom stereocenters. The van der Waals surface area contributed by atoms with E-state index >= 15 is 0 Å². The lowest BCUT2D eigenvalue weighted by atomic mass is 9.82. The molecule has 0 aromatic heterocycles. The molecule has 0 saturated heterocycles. The molecule has 0 bridgehead atoms. The highest BCUT2D eigenvalue weighted by Crippen LogP contribution is 2.29. The van der Waals surface area contributed by atoms with Crippen molar-refractivity contribution in [2.45, 2.75) is 18.9 Å². The highest BCUT2D eigenvalue weighted by Gasteiger charge is 2.26. The molecule has 1 fully saturated rings. The van der Waals surface area contributed by atoms with Crippen LogP contribution in [-0.2, 0) is 0 Å². The third-order valence-electron chi connectivity index (χ3n) is 2.89. The molecule has 0 amide bonds. The smallest absolute Gasteiger partial charge is 0.151 e. The van der Waals surface area contributed by atoms with E-state index < -0.39 is 11.6 Å². The van der Waals surface area contributed by atoms with Crippen molar-refractivity contribution < 1.29 is 13.9 Å². The second kappa shape index (κ2) is 4.25. The zero-order valence-corrected chi connectivity index (χ0v) is 8.71. The Bertz CT molecular complexity index is 392. The number of anilines is 2. The molecule has 1 aromatic rings. The van der Waals surface area contributed by atoms with Crippen molar-refractivity contribution in [3.8, 4) is 0 Å². The lowest BCUT2D eigenvalue weighted by molar-refractivity contribution is 0.0487. The fourth-order valence-electron chi connectivity index (χ4n) is 1.85. The van der Waals surface area contributed by atoms with Crippen molar-refractivity contribution in [2.24, 2.45) is 5.92 Å². The van der Waals surface area contributed by atoms with E-state index in [1.54, 1.807) is 0 Å². The number of halogens is 2. The Morgan fingerprint density at radius 3 is 2.69 bits per heavy atom. The van der Waals surface area contributed by atoms with Crippen LogP contribution in [0.15, 0.2) is 12.1 Å². The lowest BCUT2D eigenvalue weighted by Gasteiger charge is -2.31. The van der Waals surface area contributed by atoms with E-state index in [2.05, 4.69) is 5.32 Å². The fourth-order valence-corrected chi connectivity index (χ4v) is 1.85. The Balaban J connectivity index is 1.98. The summed E-state index contributed by atoms with van der Waals surface area (Å²) in [6.45, 7) is 0.574. The van der Waals surface area contributed by atoms with E-state index in [9.17, 15) is 8.78 Å². The van der Waals surface area contributed by atoms with Gasteiger partial charge in [0, 0.05) is 12.6 Å². The maximum Gasteiger partial charge on any atom is 0.151 e. The van der Waals surface area contributed by atoms with Gasteiger partial charge < -0.3 is 16.2 Å². The molecule has 0 aliphatic heterocycles. The van der Waals surface area contributed by atoms with Crippen LogP contribution in [0.2, 0.25) is 0 Å². The fraction of sp³-hybridized carbons (Fsp3) is 0.455. The summed E-state index contributed by atoms with van der Waals surface area (Å²) < 4.78 is 26.0. The van der Waals surface area contributed by atoms with Crippen molar-refractivity contribution in [1.82, 2.24) is 0 Å². The number of hydrogen-bond donors (Lipinski definition) is 3. The maximum absolute atomic E-state index is 13.1. The average Bonchev–Trinajstić information content (AvgIpc) is 2.17. The summed E-state index contributed by atoms with van der Waals surface area (Å²) in [6.07, 6.45) is 1.23. The van der Waals surface area contributed by atoms with Gasteiger partial charge in [-0.3, -0.25) is 0 Å². The number of nitrogen functional groups attached to an aromatic ring is 1. The van der Waals surface area contributed by atoms with Gasteiger partial charge in [-0.1, -0.05) is 0 Å². The van der Waals surface area contributed by atoms with E-state index in [4.69, 9.17) is 10.8 Å². The minimum Gasteiger partial charge on any atom is -0.395 e. The van der Waals surface area contributed by atoms with Gasteiger partial charge in [-0.2, -0.15) is 0 Å². The molecule has 16 heavy (non-hydrogen) atoms. The van der Waals surface area contributed by atoms with E-state index in [0.717, 1.165) is 18.9 Å². The van der Waals surface area contributed by atoms with Gasteiger partial charge in [-0.25, -0.2) is 8.78 Å². The summed E-state index contributed by atoms with van der Waals surface area (Å²) in [5.41, 5.74) is 5.68. The molecule has 5 heteroatoms. The standard InChI is InChI=1S/C11H14F2N2O/c12-7-3-9(13)11(14)10(4-7)15-5-6-1-8(16)2-6/h3-4,6,8,15-16H,1-2,5,14H2. The first-order valence-electron chi connectivity index (χ1n) is 5.22. The summed E-state index contributed by atoms with van der Waals surface area (Å²) in [5.74, 6) is -1.06. The molecule has 88 valence electrons. The number of aliphatic hydroxyl groups excluding tert-OH is 1. The summed E-state index contributed by atoms with van der Waals surface area (Å²) in [6, 6.07) is 1.93. The quantitative estimate of drug-likeness (QED) is 0.690. The van der Waals surface area contributed by atoms with Crippen LogP contribution in [-0.4, -0.2) is 17.8 Å². The minimum atomic E-state index is -0.754. The van der Waals surface area contributed by atoms with Crippen molar-refractivity contribution >= 4 is 11.4 Å². The number of rotatable bonds is 3. The number of nitrogens with one attached hydrogen (secondary N) is 1. The Kier molecular flexibility index (Phi) is 2.96. The third-order valence-corrected chi connectivity index (χ3v) is 2.89. The number of nitrogens with two attached hydrogens (primary N) is 1. The second-order valence-electron chi connectivity index (χ2n) is 4.22. The number of hydrogen-bond acceptors (Lipinski definition) is 3. The maximum atomic E-state index is 13.1. The average molecular weight is 228 g/mol. The van der Waals surface area contributed by atoms with E-state index in [1.165, 1.54) is 6.07 Å². The van der Waals surface area contributed by atoms with Crippen LogP contribution in [0, 0.1) is 17.6 Å². The third kappa shape index (κ3) is 2.24. The summed E-state index contributed by atoms with van der Waals surface area (Å²) >= 11 is 0. The molecule has 0 spiro atoms. The van der Waals surface area contributed by atoms with Gasteiger partial charge >= 0.3 is 0 Å². The van der Waals surface area contributed by atoms with E-state index in [0.29, 0.717) is 12.5 Å². The predicted octanol–water partition coefficient (Wildman–Crippen LogP) is 1.73. The predicted molar refractivity (Wildman–Crippen MR) is 58.0 cm³/mol. The molecule has 1 aromatic carbocycles. The van der Waals surface area contributed by atoms with Gasteiger partial charge in [0.2, 0.25) is 0 Å². The van der Waals surface area contributed by atoms with Gasteiger partial charge in [0.25, 0.3) is 0 Å². The second-order valence-corrected chi connectivity index (χ2v) is 4.22. The first-order chi connectivity index (χ1) is 7.56. The Hall–Kier alpha value is -1.36. The molecule has 0 heterocycles. The molecular weight excluding hydrogens is 214 g/mol. The molecule has 3 nitrogen and oxygen atoms in total. The highest BCUT2D eigenvalue weighted by molar-refractivity contribution is 5.66. The minimum absolute atomic E-state index is 0.0683. The van der Waals surface area contributed by atoms with Gasteiger partial charge in [0.05, 0.1) is 17.5 Å². The van der Waals surface area contributed by atoms with Crippen LogP contribution in [0.3, 0.4) is 0 Å². The Morgan fingerprint density at radius 1 is 1.38 bits per heavy atom. The largest absolute Gasteiger partial charge is 0.395 e. The van der Waals surface area contributed by atoms with Crippen LogP contribution < -0.4 is 11.1 Å². The van der Waals surface area contributed by atoms with Crippen molar-refractivity contribution in [3.05, 3.63) is 23.8 Å². The van der Waals surface area contributed by atoms with Gasteiger partial charge in [-0.15, -0.1) is 0 Å². The van der Waals surface area contributed by atoms with Gasteiger partial charge in [0.1, 0.15) is 5.82 Å². The monoisotopic (exact) mass is 228 g/mol. The Labute approximate surface area is 92.3 Å². The van der Waals surface area contributed by atoms with Crippen LogP contribution in [0.1, 0.15) is 12.8 Å². The van der Waals surface area contributed by atoms with E-state index in [-0.39, 0.29) is 17.5 Å². The van der Waals surface area contributed by atoms with Crippen LogP contribution in [0.4, 0.5) is 20.2 Å². The molecule has 1 aliphatic rings. The first-order valence-corrected chi connectivity index (χ1v) is 5.22. The summed E-state index contributed by atoms with van der Waals surface area (Å²) in [7, 11) is 0. The SMILES string of the molecule is Nc1c(F)cc(F)cc1NCC1CC(O)C1. The van der Waals surface area contributed by atoms with Crippen LogP contribution in [0.25, 0.3) is 0 Å². The molecular formula is C11H14F2N2O. The first kappa shape index (κ1) is 11.1. The van der Waals surface area contributed by atoms with Crippen LogP contribution in [0.5, 0.6) is 0 Å². The summed E-state index contributed by atoms with van der Waals surface area (Å²) in [5, 5.41) is 12.0. The zero-order valence-electron chi connectivity index (χ0n) is 8.71. The molecule has 4 N–H and O–H groups in total. The highest BCUT2D eigenvalue weighted by atomic mass is 19.1. The number of benzene rings is 1. The van der Waals surface area contributed by atoms with Crippen molar-refractivity contribution in [1.29, 1.82) is 0 Å². The molecule has 1 aliphatic carbocycles. The topological polar surface area (TPSA) is 58.3 Å². The van der Waals surface area contributed by atoms with Crippen molar-refractivity contribution in [2.75, 3.05) is 17.6 Å².